The van der Waals surface area contributed by atoms with Gasteiger partial charge in [0.2, 0.25) is 0 Å². The average Bonchev–Trinajstić information content (AvgIpc) is 3.19. The van der Waals surface area contributed by atoms with Gasteiger partial charge in [-0.1, -0.05) is 19.3 Å². The van der Waals surface area contributed by atoms with E-state index in [4.69, 9.17) is 0 Å². The Hall–Kier alpha value is -0.170. The van der Waals surface area contributed by atoms with Gasteiger partial charge in [-0.2, -0.15) is 17.0 Å². The Labute approximate surface area is 115 Å². The molecular formula is C13H24N2O3S. The molecule has 3 aliphatic rings. The van der Waals surface area contributed by atoms with Gasteiger partial charge in [-0.3, -0.25) is 0 Å². The molecule has 0 aromatic heterocycles. The molecule has 0 atom stereocenters. The fourth-order valence-corrected chi connectivity index (χ4v) is 5.15. The van der Waals surface area contributed by atoms with Crippen LogP contribution in [-0.4, -0.2) is 53.9 Å². The second kappa shape index (κ2) is 4.69. The molecule has 0 aromatic rings. The van der Waals surface area contributed by atoms with Crippen molar-refractivity contribution in [1.82, 2.24) is 8.61 Å². The molecule has 3 rings (SSSR count). The van der Waals surface area contributed by atoms with Gasteiger partial charge < -0.3 is 5.11 Å². The highest BCUT2D eigenvalue weighted by molar-refractivity contribution is 7.86. The fraction of sp³-hybridized carbons (Fsp3) is 1.00. The van der Waals surface area contributed by atoms with Crippen LogP contribution < -0.4 is 0 Å². The average molecular weight is 288 g/mol. The molecule has 1 heterocycles. The molecule has 1 N–H and O–H groups in total. The molecule has 0 spiro atoms. The van der Waals surface area contributed by atoms with Crippen LogP contribution in [0.3, 0.4) is 0 Å². The topological polar surface area (TPSA) is 60.9 Å². The maximum Gasteiger partial charge on any atom is 0.282 e. The lowest BCUT2D eigenvalue weighted by Crippen LogP contribution is -2.67. The van der Waals surface area contributed by atoms with E-state index in [0.29, 0.717) is 5.92 Å². The molecule has 5 nitrogen and oxygen atoms in total. The molecule has 1 aliphatic heterocycles. The number of β-amino-alcohol motifs (C(OH)–C–C–N with tert-alkyl or cyclic N) is 1. The summed E-state index contributed by atoms with van der Waals surface area (Å²) in [6.07, 6.45) is 7.49. The molecule has 2 saturated carbocycles. The Balaban J connectivity index is 1.63. The van der Waals surface area contributed by atoms with Crippen LogP contribution in [0.1, 0.15) is 44.9 Å². The summed E-state index contributed by atoms with van der Waals surface area (Å²) in [6.45, 7) is 0.578. The van der Waals surface area contributed by atoms with Crippen LogP contribution in [0.5, 0.6) is 0 Å². The number of aliphatic hydroxyl groups is 1. The minimum atomic E-state index is -3.37. The van der Waals surface area contributed by atoms with Crippen molar-refractivity contribution in [2.75, 3.05) is 20.1 Å². The first kappa shape index (κ1) is 13.8. The Morgan fingerprint density at radius 2 is 1.68 bits per heavy atom. The molecule has 0 amide bonds. The second-order valence-corrected chi connectivity index (χ2v) is 8.45. The number of hydrogen-bond acceptors (Lipinski definition) is 3. The van der Waals surface area contributed by atoms with E-state index < -0.39 is 15.8 Å². The van der Waals surface area contributed by atoms with Crippen molar-refractivity contribution >= 4 is 10.2 Å². The predicted molar refractivity (Wildman–Crippen MR) is 72.8 cm³/mol. The molecule has 3 fully saturated rings. The highest BCUT2D eigenvalue weighted by Gasteiger charge is 2.56. The van der Waals surface area contributed by atoms with Crippen molar-refractivity contribution < 1.29 is 13.5 Å². The van der Waals surface area contributed by atoms with Crippen LogP contribution in [0.25, 0.3) is 0 Å². The van der Waals surface area contributed by atoms with E-state index in [2.05, 4.69) is 0 Å². The first-order valence-electron chi connectivity index (χ1n) is 7.39. The first-order valence-corrected chi connectivity index (χ1v) is 8.79. The largest absolute Gasteiger partial charge is 0.387 e. The lowest BCUT2D eigenvalue weighted by atomic mass is 9.91. The molecule has 6 heteroatoms. The quantitative estimate of drug-likeness (QED) is 0.838. The van der Waals surface area contributed by atoms with Gasteiger partial charge >= 0.3 is 0 Å². The van der Waals surface area contributed by atoms with Gasteiger partial charge in [-0.05, 0) is 31.6 Å². The summed E-state index contributed by atoms with van der Waals surface area (Å²) < 4.78 is 28.0. The van der Waals surface area contributed by atoms with E-state index in [1.165, 1.54) is 10.7 Å². The minimum absolute atomic E-state index is 0.147. The summed E-state index contributed by atoms with van der Waals surface area (Å²) in [6, 6.07) is 0.147. The maximum absolute atomic E-state index is 12.5. The predicted octanol–water partition coefficient (Wildman–Crippen LogP) is 0.952. The zero-order valence-electron chi connectivity index (χ0n) is 11.6. The van der Waals surface area contributed by atoms with Gasteiger partial charge in [0.25, 0.3) is 10.2 Å². The molecule has 0 unspecified atom stereocenters. The molecule has 0 bridgehead atoms. The normalized spacial score (nSPS) is 29.4. The first-order chi connectivity index (χ1) is 8.93. The summed E-state index contributed by atoms with van der Waals surface area (Å²) in [7, 11) is -1.68. The van der Waals surface area contributed by atoms with Gasteiger partial charge in [0.15, 0.2) is 0 Å². The van der Waals surface area contributed by atoms with Crippen molar-refractivity contribution in [1.29, 1.82) is 0 Å². The number of hydrogen-bond donors (Lipinski definition) is 1. The zero-order valence-corrected chi connectivity index (χ0v) is 12.4. The third-order valence-electron chi connectivity index (χ3n) is 5.02. The Morgan fingerprint density at radius 3 is 2.21 bits per heavy atom. The second-order valence-electron chi connectivity index (χ2n) is 6.46. The smallest absolute Gasteiger partial charge is 0.282 e. The highest BCUT2D eigenvalue weighted by atomic mass is 32.2. The van der Waals surface area contributed by atoms with E-state index in [0.717, 1.165) is 38.5 Å². The van der Waals surface area contributed by atoms with E-state index in [-0.39, 0.29) is 19.1 Å². The van der Waals surface area contributed by atoms with Crippen LogP contribution in [-0.2, 0) is 10.2 Å². The lowest BCUT2D eigenvalue weighted by molar-refractivity contribution is -0.0787. The van der Waals surface area contributed by atoms with E-state index in [9.17, 15) is 13.5 Å². The van der Waals surface area contributed by atoms with Crippen LogP contribution in [0.15, 0.2) is 0 Å². The van der Waals surface area contributed by atoms with E-state index in [1.54, 1.807) is 11.4 Å². The Kier molecular flexibility index (Phi) is 3.40. The number of nitrogens with zero attached hydrogens (tertiary/aromatic N) is 2. The van der Waals surface area contributed by atoms with Crippen LogP contribution in [0.4, 0.5) is 0 Å². The van der Waals surface area contributed by atoms with Crippen LogP contribution in [0, 0.1) is 5.92 Å². The van der Waals surface area contributed by atoms with Gasteiger partial charge in [0.1, 0.15) is 0 Å². The van der Waals surface area contributed by atoms with Crippen molar-refractivity contribution in [2.24, 2.45) is 5.92 Å². The van der Waals surface area contributed by atoms with Crippen molar-refractivity contribution in [3.8, 4) is 0 Å². The molecule has 19 heavy (non-hydrogen) atoms. The minimum Gasteiger partial charge on any atom is -0.387 e. The molecule has 0 aromatic carbocycles. The van der Waals surface area contributed by atoms with Crippen molar-refractivity contribution in [3.05, 3.63) is 0 Å². The van der Waals surface area contributed by atoms with Gasteiger partial charge in [-0.25, -0.2) is 0 Å². The monoisotopic (exact) mass is 288 g/mol. The third-order valence-corrected chi connectivity index (χ3v) is 6.95. The van der Waals surface area contributed by atoms with Crippen molar-refractivity contribution in [3.63, 3.8) is 0 Å². The van der Waals surface area contributed by atoms with E-state index >= 15 is 0 Å². The van der Waals surface area contributed by atoms with Gasteiger partial charge in [0.05, 0.1) is 5.60 Å². The summed E-state index contributed by atoms with van der Waals surface area (Å²) in [5.41, 5.74) is -0.736. The third kappa shape index (κ3) is 2.44. The van der Waals surface area contributed by atoms with Crippen LogP contribution in [0.2, 0.25) is 0 Å². The van der Waals surface area contributed by atoms with E-state index in [1.807, 2.05) is 0 Å². The van der Waals surface area contributed by atoms with Gasteiger partial charge in [-0.15, -0.1) is 0 Å². The zero-order chi connectivity index (χ0) is 13.7. The highest BCUT2D eigenvalue weighted by Crippen LogP contribution is 2.45. The lowest BCUT2D eigenvalue weighted by Gasteiger charge is -2.47. The summed E-state index contributed by atoms with van der Waals surface area (Å²) in [5, 5.41) is 10.3. The molecular weight excluding hydrogens is 264 g/mol. The van der Waals surface area contributed by atoms with Gasteiger partial charge in [0, 0.05) is 26.2 Å². The molecule has 1 saturated heterocycles. The Morgan fingerprint density at radius 1 is 1.11 bits per heavy atom. The maximum atomic E-state index is 12.5. The molecule has 0 radical (unpaired) electrons. The van der Waals surface area contributed by atoms with Crippen LogP contribution >= 0.6 is 0 Å². The number of rotatable bonds is 4. The summed E-state index contributed by atoms with van der Waals surface area (Å²) >= 11 is 0. The fourth-order valence-electron chi connectivity index (χ4n) is 3.42. The summed E-state index contributed by atoms with van der Waals surface area (Å²) in [4.78, 5) is 0. The molecule has 110 valence electrons. The SMILES string of the molecule is CN(C1CCCCC1)S(=O)(=O)N1CC(O)(C2CC2)C1. The standard InChI is InChI=1S/C13H24N2O3S/c1-14(12-5-3-2-4-6-12)19(17,18)15-9-13(16,10-15)11-7-8-11/h11-12,16H,2-10H2,1H3. The summed E-state index contributed by atoms with van der Waals surface area (Å²) in [5.74, 6) is 0.332. The Bertz CT molecular complexity index is 435. The molecule has 2 aliphatic carbocycles. The van der Waals surface area contributed by atoms with Crippen molar-refractivity contribution in [2.45, 2.75) is 56.6 Å².